The molecule has 0 atom stereocenters. The van der Waals surface area contributed by atoms with Crippen molar-refractivity contribution in [1.29, 1.82) is 0 Å². The van der Waals surface area contributed by atoms with Gasteiger partial charge in [-0.15, -0.1) is 0 Å². The number of carboxylic acid groups (broad SMARTS) is 1. The number of nitrogens with zero attached hydrogens (tertiary/aromatic N) is 2. The van der Waals surface area contributed by atoms with Crippen LogP contribution in [0.25, 0.3) is 22.5 Å². The number of aromatic nitrogens is 2. The van der Waals surface area contributed by atoms with E-state index in [1.807, 2.05) is 53.2 Å². The van der Waals surface area contributed by atoms with Crippen molar-refractivity contribution in [3.8, 4) is 57.0 Å². The van der Waals surface area contributed by atoms with E-state index >= 15 is 0 Å². The van der Waals surface area contributed by atoms with Crippen LogP contribution in [0.5, 0.6) is 34.5 Å². The van der Waals surface area contributed by atoms with E-state index in [1.165, 1.54) is 14.2 Å². The molecule has 204 valence electrons. The van der Waals surface area contributed by atoms with Crippen molar-refractivity contribution in [2.24, 2.45) is 0 Å². The fourth-order valence-electron chi connectivity index (χ4n) is 4.29. The summed E-state index contributed by atoms with van der Waals surface area (Å²) in [6, 6.07) is 18.4. The van der Waals surface area contributed by atoms with E-state index < -0.39 is 12.6 Å². The Bertz CT molecular complexity index is 1460. The lowest BCUT2D eigenvalue weighted by Crippen LogP contribution is -2.10. The van der Waals surface area contributed by atoms with Crippen LogP contribution >= 0.6 is 0 Å². The molecule has 0 saturated carbocycles. The standard InChI is InChI=1S/C29H30N2O8/c1-34-23-11-7-6-9-18(23)16-31-22(19-10-8-12-24(35-2)29(19)38-5)14-21(30-31)20-13-26(36-3)27(37-4)15-25(20)39-17-28(32)33/h6-15H,16-17H2,1-5H3,(H,32,33). The Hall–Kier alpha value is -4.86. The van der Waals surface area contributed by atoms with Gasteiger partial charge in [0.25, 0.3) is 0 Å². The van der Waals surface area contributed by atoms with Crippen molar-refractivity contribution in [3.63, 3.8) is 0 Å². The molecule has 1 N–H and O–H groups in total. The molecule has 10 heteroatoms. The number of rotatable bonds is 12. The van der Waals surface area contributed by atoms with Crippen LogP contribution in [0.15, 0.2) is 60.7 Å². The maximum absolute atomic E-state index is 11.3. The number of hydrogen-bond acceptors (Lipinski definition) is 8. The summed E-state index contributed by atoms with van der Waals surface area (Å²) < 4.78 is 35.2. The van der Waals surface area contributed by atoms with E-state index in [0.717, 1.165) is 22.6 Å². The fraction of sp³-hybridized carbons (Fsp3) is 0.241. The monoisotopic (exact) mass is 534 g/mol. The number of hydrogen-bond donors (Lipinski definition) is 1. The number of methoxy groups -OCH3 is 5. The molecule has 0 aliphatic heterocycles. The SMILES string of the molecule is COc1ccccc1Cn1nc(-c2cc(OC)c(OC)cc2OCC(=O)O)cc1-c1cccc(OC)c1OC. The lowest BCUT2D eigenvalue weighted by atomic mass is 10.1. The summed E-state index contributed by atoms with van der Waals surface area (Å²) in [5.74, 6) is 1.83. The van der Waals surface area contributed by atoms with Crippen LogP contribution in [0.1, 0.15) is 5.56 Å². The Morgan fingerprint density at radius 3 is 2.08 bits per heavy atom. The summed E-state index contributed by atoms with van der Waals surface area (Å²) in [5, 5.41) is 14.2. The first-order valence-electron chi connectivity index (χ1n) is 12.0. The molecule has 0 spiro atoms. The van der Waals surface area contributed by atoms with E-state index in [1.54, 1.807) is 33.5 Å². The largest absolute Gasteiger partial charge is 0.496 e. The molecule has 3 aromatic carbocycles. The van der Waals surface area contributed by atoms with Crippen molar-refractivity contribution >= 4 is 5.97 Å². The highest BCUT2D eigenvalue weighted by Gasteiger charge is 2.22. The van der Waals surface area contributed by atoms with Crippen molar-refractivity contribution in [2.45, 2.75) is 6.54 Å². The van der Waals surface area contributed by atoms with Gasteiger partial charge in [-0.3, -0.25) is 4.68 Å². The lowest BCUT2D eigenvalue weighted by molar-refractivity contribution is -0.139. The number of carboxylic acids is 1. The Morgan fingerprint density at radius 1 is 0.744 bits per heavy atom. The Kier molecular flexibility index (Phi) is 8.45. The van der Waals surface area contributed by atoms with Crippen molar-refractivity contribution < 1.29 is 38.3 Å². The summed E-state index contributed by atoms with van der Waals surface area (Å²) in [6.07, 6.45) is 0. The predicted molar refractivity (Wildman–Crippen MR) is 145 cm³/mol. The third-order valence-corrected chi connectivity index (χ3v) is 6.08. The number of carbonyl (C=O) groups is 1. The van der Waals surface area contributed by atoms with Gasteiger partial charge in [-0.2, -0.15) is 5.10 Å². The highest BCUT2D eigenvalue weighted by atomic mass is 16.5. The zero-order valence-corrected chi connectivity index (χ0v) is 22.4. The summed E-state index contributed by atoms with van der Waals surface area (Å²) in [6.45, 7) is -0.167. The van der Waals surface area contributed by atoms with Gasteiger partial charge >= 0.3 is 5.97 Å². The quantitative estimate of drug-likeness (QED) is 0.275. The van der Waals surface area contributed by atoms with Crippen LogP contribution in [-0.4, -0.2) is 63.0 Å². The average Bonchev–Trinajstić information content (AvgIpc) is 3.38. The van der Waals surface area contributed by atoms with Crippen molar-refractivity contribution in [1.82, 2.24) is 9.78 Å². The summed E-state index contributed by atoms with van der Waals surface area (Å²) in [4.78, 5) is 11.3. The topological polar surface area (TPSA) is 111 Å². The second-order valence-electron chi connectivity index (χ2n) is 8.31. The molecule has 4 aromatic rings. The van der Waals surface area contributed by atoms with Crippen molar-refractivity contribution in [2.75, 3.05) is 42.2 Å². The van der Waals surface area contributed by atoms with Gasteiger partial charge in [-0.1, -0.05) is 24.3 Å². The highest BCUT2D eigenvalue weighted by molar-refractivity contribution is 5.79. The second-order valence-corrected chi connectivity index (χ2v) is 8.31. The first-order chi connectivity index (χ1) is 18.9. The van der Waals surface area contributed by atoms with Gasteiger partial charge in [-0.25, -0.2) is 4.79 Å². The fourth-order valence-corrected chi connectivity index (χ4v) is 4.29. The Labute approximate surface area is 226 Å². The van der Waals surface area contributed by atoms with Gasteiger partial charge in [-0.05, 0) is 30.3 Å². The molecule has 0 aliphatic carbocycles. The third-order valence-electron chi connectivity index (χ3n) is 6.08. The number of aliphatic carboxylic acids is 1. The van der Waals surface area contributed by atoms with E-state index in [4.69, 9.17) is 33.5 Å². The molecule has 0 fully saturated rings. The number of ether oxygens (including phenoxy) is 6. The molecule has 0 radical (unpaired) electrons. The van der Waals surface area contributed by atoms with E-state index in [0.29, 0.717) is 40.8 Å². The van der Waals surface area contributed by atoms with Gasteiger partial charge in [0.05, 0.1) is 53.5 Å². The van der Waals surface area contributed by atoms with Crippen LogP contribution in [0, 0.1) is 0 Å². The van der Waals surface area contributed by atoms with Gasteiger partial charge in [0.1, 0.15) is 11.5 Å². The first-order valence-corrected chi connectivity index (χ1v) is 12.0. The summed E-state index contributed by atoms with van der Waals surface area (Å²) in [7, 11) is 7.79. The molecule has 0 aliphatic rings. The zero-order chi connectivity index (χ0) is 27.9. The normalized spacial score (nSPS) is 10.6. The zero-order valence-electron chi connectivity index (χ0n) is 22.4. The second kappa shape index (κ2) is 12.1. The molecule has 0 bridgehead atoms. The van der Waals surface area contributed by atoms with Crippen LogP contribution in [-0.2, 0) is 11.3 Å². The minimum absolute atomic E-state index is 0.279. The Morgan fingerprint density at radius 2 is 1.41 bits per heavy atom. The van der Waals surface area contributed by atoms with Crippen LogP contribution in [0.2, 0.25) is 0 Å². The molecule has 0 unspecified atom stereocenters. The average molecular weight is 535 g/mol. The molecule has 10 nitrogen and oxygen atoms in total. The van der Waals surface area contributed by atoms with Crippen LogP contribution < -0.4 is 28.4 Å². The molecule has 0 saturated heterocycles. The minimum Gasteiger partial charge on any atom is -0.496 e. The molecule has 39 heavy (non-hydrogen) atoms. The number of para-hydroxylation sites is 2. The minimum atomic E-state index is -1.11. The van der Waals surface area contributed by atoms with E-state index in [9.17, 15) is 9.90 Å². The smallest absolute Gasteiger partial charge is 0.341 e. The van der Waals surface area contributed by atoms with Gasteiger partial charge < -0.3 is 33.5 Å². The van der Waals surface area contributed by atoms with Crippen LogP contribution in [0.4, 0.5) is 0 Å². The molecular formula is C29H30N2O8. The molecule has 1 heterocycles. The number of benzene rings is 3. The molecule has 1 aromatic heterocycles. The van der Waals surface area contributed by atoms with Gasteiger partial charge in [0.15, 0.2) is 29.6 Å². The molecular weight excluding hydrogens is 504 g/mol. The van der Waals surface area contributed by atoms with E-state index in [2.05, 4.69) is 0 Å². The summed E-state index contributed by atoms with van der Waals surface area (Å²) >= 11 is 0. The van der Waals surface area contributed by atoms with E-state index in [-0.39, 0.29) is 5.75 Å². The molecule has 0 amide bonds. The summed E-state index contributed by atoms with van der Waals surface area (Å²) in [5.41, 5.74) is 3.43. The third kappa shape index (κ3) is 5.69. The lowest BCUT2D eigenvalue weighted by Gasteiger charge is -2.15. The predicted octanol–water partition coefficient (Wildman–Crippen LogP) is 4.77. The van der Waals surface area contributed by atoms with Crippen molar-refractivity contribution in [3.05, 3.63) is 66.2 Å². The highest BCUT2D eigenvalue weighted by Crippen LogP contribution is 2.43. The van der Waals surface area contributed by atoms with Gasteiger partial charge in [0.2, 0.25) is 0 Å². The maximum atomic E-state index is 11.3. The maximum Gasteiger partial charge on any atom is 0.341 e. The van der Waals surface area contributed by atoms with Crippen LogP contribution in [0.3, 0.4) is 0 Å². The molecule has 4 rings (SSSR count). The first kappa shape index (κ1) is 27.2. The Balaban J connectivity index is 1.95. The van der Waals surface area contributed by atoms with Gasteiger partial charge in [0, 0.05) is 22.8 Å².